The van der Waals surface area contributed by atoms with Crippen LogP contribution in [0.5, 0.6) is 0 Å². The minimum Gasteiger partial charge on any atom is -0.478 e. The Hall–Kier alpha value is -2.89. The minimum absolute atomic E-state index is 0.0501. The van der Waals surface area contributed by atoms with Crippen molar-refractivity contribution < 1.29 is 14.7 Å². The van der Waals surface area contributed by atoms with Crippen LogP contribution in [0.15, 0.2) is 48.8 Å². The van der Waals surface area contributed by atoms with Crippen molar-refractivity contribution in [2.75, 3.05) is 31.1 Å². The number of carboxylic acid groups (broad SMARTS) is 1. The number of aromatic nitrogens is 1. The molecule has 2 heterocycles. The number of pyridine rings is 1. The molecule has 1 aromatic carbocycles. The first-order valence-corrected chi connectivity index (χ1v) is 7.43. The van der Waals surface area contributed by atoms with Crippen LogP contribution in [0.25, 0.3) is 0 Å². The summed E-state index contributed by atoms with van der Waals surface area (Å²) in [7, 11) is 0. The molecular formula is C17H17N3O3. The first-order chi connectivity index (χ1) is 11.2. The summed E-state index contributed by atoms with van der Waals surface area (Å²) in [4.78, 5) is 31.8. The van der Waals surface area contributed by atoms with Crippen molar-refractivity contribution in [2.45, 2.75) is 0 Å². The van der Waals surface area contributed by atoms with Crippen molar-refractivity contribution in [1.82, 2.24) is 9.88 Å². The lowest BCUT2D eigenvalue weighted by molar-refractivity contribution is 0.0673. The van der Waals surface area contributed by atoms with E-state index in [0.29, 0.717) is 26.2 Å². The molecule has 0 bridgehead atoms. The van der Waals surface area contributed by atoms with Gasteiger partial charge in [0, 0.05) is 44.3 Å². The van der Waals surface area contributed by atoms with E-state index < -0.39 is 5.97 Å². The molecule has 1 aliphatic heterocycles. The van der Waals surface area contributed by atoms with Gasteiger partial charge < -0.3 is 14.9 Å². The van der Waals surface area contributed by atoms with Crippen molar-refractivity contribution in [3.05, 3.63) is 59.9 Å². The molecule has 118 valence electrons. The van der Waals surface area contributed by atoms with Gasteiger partial charge in [-0.1, -0.05) is 12.1 Å². The highest BCUT2D eigenvalue weighted by atomic mass is 16.4. The van der Waals surface area contributed by atoms with Crippen LogP contribution in [-0.2, 0) is 0 Å². The van der Waals surface area contributed by atoms with E-state index in [1.165, 1.54) is 6.07 Å². The molecular weight excluding hydrogens is 294 g/mol. The summed E-state index contributed by atoms with van der Waals surface area (Å²) in [5, 5.41) is 9.22. The lowest BCUT2D eigenvalue weighted by Crippen LogP contribution is -2.49. The Morgan fingerprint density at radius 2 is 1.52 bits per heavy atom. The number of hydrogen-bond donors (Lipinski definition) is 1. The highest BCUT2D eigenvalue weighted by molar-refractivity contribution is 6.04. The standard InChI is InChI=1S/C17H17N3O3/c21-16(14-3-1-2-4-15(14)17(22)23)20-11-9-19(10-12-20)13-5-7-18-8-6-13/h1-8H,9-12H2,(H,22,23). The topological polar surface area (TPSA) is 73.7 Å². The van der Waals surface area contributed by atoms with Gasteiger partial charge in [0.15, 0.2) is 0 Å². The average Bonchev–Trinajstić information content (AvgIpc) is 2.62. The molecule has 0 radical (unpaired) electrons. The number of hydrogen-bond acceptors (Lipinski definition) is 4. The highest BCUT2D eigenvalue weighted by Crippen LogP contribution is 2.17. The van der Waals surface area contributed by atoms with Gasteiger partial charge in [-0.2, -0.15) is 0 Å². The third-order valence-electron chi connectivity index (χ3n) is 3.98. The molecule has 1 aliphatic rings. The van der Waals surface area contributed by atoms with Crippen molar-refractivity contribution in [3.8, 4) is 0 Å². The molecule has 1 amide bonds. The second-order valence-electron chi connectivity index (χ2n) is 5.34. The van der Waals surface area contributed by atoms with E-state index in [1.807, 2.05) is 12.1 Å². The molecule has 6 nitrogen and oxygen atoms in total. The van der Waals surface area contributed by atoms with Crippen molar-refractivity contribution in [2.24, 2.45) is 0 Å². The van der Waals surface area contributed by atoms with Crippen molar-refractivity contribution in [1.29, 1.82) is 0 Å². The summed E-state index contributed by atoms with van der Waals surface area (Å²) < 4.78 is 0. The van der Waals surface area contributed by atoms with E-state index >= 15 is 0 Å². The molecule has 6 heteroatoms. The van der Waals surface area contributed by atoms with Crippen LogP contribution in [0.3, 0.4) is 0 Å². The molecule has 3 rings (SSSR count). The summed E-state index contributed by atoms with van der Waals surface area (Å²) in [6, 6.07) is 10.2. The van der Waals surface area contributed by atoms with Gasteiger partial charge in [0.25, 0.3) is 5.91 Å². The molecule has 0 aliphatic carbocycles. The van der Waals surface area contributed by atoms with Crippen LogP contribution in [-0.4, -0.2) is 53.0 Å². The van der Waals surface area contributed by atoms with Gasteiger partial charge in [-0.05, 0) is 24.3 Å². The maximum atomic E-state index is 12.6. The van der Waals surface area contributed by atoms with Crippen molar-refractivity contribution >= 4 is 17.6 Å². The number of anilines is 1. The molecule has 0 atom stereocenters. The first kappa shape index (κ1) is 15.0. The Morgan fingerprint density at radius 1 is 0.913 bits per heavy atom. The van der Waals surface area contributed by atoms with E-state index in [-0.39, 0.29) is 17.0 Å². The van der Waals surface area contributed by atoms with Gasteiger partial charge in [-0.3, -0.25) is 9.78 Å². The third kappa shape index (κ3) is 3.15. The van der Waals surface area contributed by atoms with Gasteiger partial charge >= 0.3 is 5.97 Å². The van der Waals surface area contributed by atoms with Crippen LogP contribution in [0.1, 0.15) is 20.7 Å². The van der Waals surface area contributed by atoms with Gasteiger partial charge in [0.2, 0.25) is 0 Å². The molecule has 0 saturated carbocycles. The molecule has 1 saturated heterocycles. The second kappa shape index (κ2) is 6.48. The number of carbonyl (C=O) groups excluding carboxylic acids is 1. The van der Waals surface area contributed by atoms with Crippen LogP contribution in [0.2, 0.25) is 0 Å². The third-order valence-corrected chi connectivity index (χ3v) is 3.98. The fraction of sp³-hybridized carbons (Fsp3) is 0.235. The largest absolute Gasteiger partial charge is 0.478 e. The van der Waals surface area contributed by atoms with Crippen molar-refractivity contribution in [3.63, 3.8) is 0 Å². The Kier molecular flexibility index (Phi) is 4.23. The fourth-order valence-electron chi connectivity index (χ4n) is 2.75. The predicted octanol–water partition coefficient (Wildman–Crippen LogP) is 1.74. The van der Waals surface area contributed by atoms with Crippen LogP contribution >= 0.6 is 0 Å². The summed E-state index contributed by atoms with van der Waals surface area (Å²) in [5.74, 6) is -1.30. The Balaban J connectivity index is 1.71. The SMILES string of the molecule is O=C(O)c1ccccc1C(=O)N1CCN(c2ccncc2)CC1. The van der Waals surface area contributed by atoms with E-state index in [1.54, 1.807) is 35.5 Å². The molecule has 1 N–H and O–H groups in total. The maximum Gasteiger partial charge on any atom is 0.336 e. The molecule has 1 aromatic heterocycles. The van der Waals surface area contributed by atoms with E-state index in [9.17, 15) is 14.7 Å². The number of piperazine rings is 1. The summed E-state index contributed by atoms with van der Waals surface area (Å²) in [6.07, 6.45) is 3.49. The normalized spacial score (nSPS) is 14.6. The number of carboxylic acids is 1. The molecule has 2 aromatic rings. The first-order valence-electron chi connectivity index (χ1n) is 7.43. The predicted molar refractivity (Wildman–Crippen MR) is 85.8 cm³/mol. The number of rotatable bonds is 3. The number of benzene rings is 1. The van der Waals surface area contributed by atoms with Crippen LogP contribution < -0.4 is 4.90 Å². The maximum absolute atomic E-state index is 12.6. The van der Waals surface area contributed by atoms with Crippen LogP contribution in [0, 0.1) is 0 Å². The molecule has 0 spiro atoms. The number of aromatic carboxylic acids is 1. The second-order valence-corrected chi connectivity index (χ2v) is 5.34. The summed E-state index contributed by atoms with van der Waals surface area (Å²) >= 11 is 0. The average molecular weight is 311 g/mol. The lowest BCUT2D eigenvalue weighted by atomic mass is 10.1. The quantitative estimate of drug-likeness (QED) is 0.934. The summed E-state index contributed by atoms with van der Waals surface area (Å²) in [5.41, 5.74) is 1.38. The summed E-state index contributed by atoms with van der Waals surface area (Å²) in [6.45, 7) is 2.56. The molecule has 23 heavy (non-hydrogen) atoms. The number of amides is 1. The zero-order valence-electron chi connectivity index (χ0n) is 12.6. The Labute approximate surface area is 134 Å². The van der Waals surface area contributed by atoms with Gasteiger partial charge in [0.05, 0.1) is 11.1 Å². The fourth-order valence-corrected chi connectivity index (χ4v) is 2.75. The number of nitrogens with zero attached hydrogens (tertiary/aromatic N) is 3. The molecule has 0 unspecified atom stereocenters. The zero-order chi connectivity index (χ0) is 16.2. The smallest absolute Gasteiger partial charge is 0.336 e. The van der Waals surface area contributed by atoms with E-state index in [0.717, 1.165) is 5.69 Å². The number of carbonyl (C=O) groups is 2. The highest BCUT2D eigenvalue weighted by Gasteiger charge is 2.25. The van der Waals surface area contributed by atoms with Crippen LogP contribution in [0.4, 0.5) is 5.69 Å². The monoisotopic (exact) mass is 311 g/mol. The van der Waals surface area contributed by atoms with Gasteiger partial charge in [-0.25, -0.2) is 4.79 Å². The lowest BCUT2D eigenvalue weighted by Gasteiger charge is -2.36. The minimum atomic E-state index is -1.08. The Bertz CT molecular complexity index is 710. The van der Waals surface area contributed by atoms with Gasteiger partial charge in [0.1, 0.15) is 0 Å². The van der Waals surface area contributed by atoms with Gasteiger partial charge in [-0.15, -0.1) is 0 Å². The Morgan fingerprint density at radius 3 is 2.13 bits per heavy atom. The van der Waals surface area contributed by atoms with E-state index in [4.69, 9.17) is 0 Å². The van der Waals surface area contributed by atoms with E-state index in [2.05, 4.69) is 9.88 Å². The molecule has 1 fully saturated rings. The zero-order valence-corrected chi connectivity index (χ0v) is 12.6.